The lowest BCUT2D eigenvalue weighted by Crippen LogP contribution is -2.29. The van der Waals surface area contributed by atoms with Crippen LogP contribution in [-0.2, 0) is 0 Å². The summed E-state index contributed by atoms with van der Waals surface area (Å²) < 4.78 is 12.6. The highest BCUT2D eigenvalue weighted by Crippen LogP contribution is 2.07. The van der Waals surface area contributed by atoms with Gasteiger partial charge in [0.25, 0.3) is 0 Å². The summed E-state index contributed by atoms with van der Waals surface area (Å²) in [6.07, 6.45) is 3.49. The Bertz CT molecular complexity index is 279. The van der Waals surface area contributed by atoms with E-state index in [-0.39, 0.29) is 5.82 Å². The Morgan fingerprint density at radius 2 is 2.00 bits per heavy atom. The zero-order chi connectivity index (χ0) is 9.80. The Morgan fingerprint density at radius 3 is 2.79 bits per heavy atom. The van der Waals surface area contributed by atoms with Gasteiger partial charge in [-0.25, -0.2) is 14.4 Å². The minimum atomic E-state index is -0.387. The van der Waals surface area contributed by atoms with Crippen molar-refractivity contribution in [2.24, 2.45) is 0 Å². The van der Waals surface area contributed by atoms with Gasteiger partial charge in [-0.3, -0.25) is 0 Å². The van der Waals surface area contributed by atoms with Crippen LogP contribution in [0.3, 0.4) is 0 Å². The van der Waals surface area contributed by atoms with Crippen molar-refractivity contribution < 1.29 is 4.39 Å². The monoisotopic (exact) mass is 196 g/mol. The molecule has 1 aromatic heterocycles. The SMILES string of the molecule is Fc1cnc(N2CCCNCC2)nc1. The van der Waals surface area contributed by atoms with E-state index in [1.54, 1.807) is 0 Å². The molecule has 0 atom stereocenters. The molecule has 5 heteroatoms. The summed E-state index contributed by atoms with van der Waals surface area (Å²) in [5.74, 6) is 0.233. The molecule has 76 valence electrons. The number of hydrogen-bond acceptors (Lipinski definition) is 4. The van der Waals surface area contributed by atoms with Gasteiger partial charge in [0.1, 0.15) is 0 Å². The van der Waals surface area contributed by atoms with Crippen LogP contribution in [0.15, 0.2) is 12.4 Å². The highest BCUT2D eigenvalue weighted by atomic mass is 19.1. The average Bonchev–Trinajstić information content (AvgIpc) is 2.47. The van der Waals surface area contributed by atoms with Crippen molar-refractivity contribution in [3.63, 3.8) is 0 Å². The quantitative estimate of drug-likeness (QED) is 0.706. The van der Waals surface area contributed by atoms with Crippen LogP contribution >= 0.6 is 0 Å². The fraction of sp³-hybridized carbons (Fsp3) is 0.556. The van der Waals surface area contributed by atoms with Gasteiger partial charge in [-0.1, -0.05) is 0 Å². The van der Waals surface area contributed by atoms with Crippen LogP contribution in [0.2, 0.25) is 0 Å². The maximum atomic E-state index is 12.6. The van der Waals surface area contributed by atoms with Crippen molar-refractivity contribution in [3.8, 4) is 0 Å². The highest BCUT2D eigenvalue weighted by molar-refractivity contribution is 5.28. The molecule has 0 bridgehead atoms. The average molecular weight is 196 g/mol. The van der Waals surface area contributed by atoms with Crippen LogP contribution in [0, 0.1) is 5.82 Å². The molecule has 0 unspecified atom stereocenters. The maximum Gasteiger partial charge on any atom is 0.225 e. The van der Waals surface area contributed by atoms with Crippen LogP contribution in [0.25, 0.3) is 0 Å². The number of rotatable bonds is 1. The molecule has 1 saturated heterocycles. The van der Waals surface area contributed by atoms with Crippen molar-refractivity contribution >= 4 is 5.95 Å². The molecule has 0 aliphatic carbocycles. The summed E-state index contributed by atoms with van der Waals surface area (Å²) in [7, 11) is 0. The molecule has 1 N–H and O–H groups in total. The molecule has 0 aromatic carbocycles. The number of hydrogen-bond donors (Lipinski definition) is 1. The molecule has 0 spiro atoms. The predicted octanol–water partition coefficient (Wildman–Crippen LogP) is 0.415. The largest absolute Gasteiger partial charge is 0.340 e. The van der Waals surface area contributed by atoms with Gasteiger partial charge in [0.2, 0.25) is 5.95 Å². The van der Waals surface area contributed by atoms with E-state index in [1.165, 1.54) is 12.4 Å². The zero-order valence-corrected chi connectivity index (χ0v) is 7.91. The summed E-state index contributed by atoms with van der Waals surface area (Å²) in [5.41, 5.74) is 0. The fourth-order valence-corrected chi connectivity index (χ4v) is 1.51. The van der Waals surface area contributed by atoms with Crippen molar-refractivity contribution in [1.82, 2.24) is 15.3 Å². The van der Waals surface area contributed by atoms with Crippen LogP contribution in [0.4, 0.5) is 10.3 Å². The molecule has 14 heavy (non-hydrogen) atoms. The molecule has 0 saturated carbocycles. The van der Waals surface area contributed by atoms with Crippen LogP contribution in [-0.4, -0.2) is 36.1 Å². The number of aromatic nitrogens is 2. The Labute approximate surface area is 82.2 Å². The standard InChI is InChI=1S/C9H13FN4/c10-8-6-12-9(13-7-8)14-4-1-2-11-3-5-14/h6-7,11H,1-5H2. The van der Waals surface area contributed by atoms with Gasteiger partial charge in [-0.2, -0.15) is 0 Å². The van der Waals surface area contributed by atoms with Crippen molar-refractivity contribution in [1.29, 1.82) is 0 Å². The van der Waals surface area contributed by atoms with Gasteiger partial charge in [0.15, 0.2) is 5.82 Å². The van der Waals surface area contributed by atoms with Crippen LogP contribution in [0.1, 0.15) is 6.42 Å². The lowest BCUT2D eigenvalue weighted by atomic mass is 10.4. The smallest absolute Gasteiger partial charge is 0.225 e. The molecule has 0 radical (unpaired) electrons. The van der Waals surface area contributed by atoms with Gasteiger partial charge < -0.3 is 10.2 Å². The van der Waals surface area contributed by atoms with E-state index < -0.39 is 0 Å². The summed E-state index contributed by atoms with van der Waals surface area (Å²) >= 11 is 0. The van der Waals surface area contributed by atoms with E-state index in [1.807, 2.05) is 0 Å². The topological polar surface area (TPSA) is 41.1 Å². The molecule has 2 rings (SSSR count). The van der Waals surface area contributed by atoms with E-state index in [4.69, 9.17) is 0 Å². The fourth-order valence-electron chi connectivity index (χ4n) is 1.51. The first kappa shape index (κ1) is 9.33. The second-order valence-corrected chi connectivity index (χ2v) is 3.29. The molecule has 2 heterocycles. The minimum absolute atomic E-state index is 0.387. The van der Waals surface area contributed by atoms with E-state index in [2.05, 4.69) is 20.2 Å². The van der Waals surface area contributed by atoms with Gasteiger partial charge >= 0.3 is 0 Å². The summed E-state index contributed by atoms with van der Waals surface area (Å²) in [5, 5.41) is 3.29. The second kappa shape index (κ2) is 4.32. The predicted molar refractivity (Wildman–Crippen MR) is 51.7 cm³/mol. The molecule has 1 aliphatic heterocycles. The molecule has 1 aliphatic rings. The summed E-state index contributed by atoms with van der Waals surface area (Å²) in [6, 6.07) is 0. The molecule has 1 fully saturated rings. The third kappa shape index (κ3) is 2.17. The van der Waals surface area contributed by atoms with Crippen molar-refractivity contribution in [3.05, 3.63) is 18.2 Å². The zero-order valence-electron chi connectivity index (χ0n) is 7.91. The summed E-state index contributed by atoms with van der Waals surface area (Å²) in [4.78, 5) is 9.98. The second-order valence-electron chi connectivity index (χ2n) is 3.29. The third-order valence-corrected chi connectivity index (χ3v) is 2.23. The van der Waals surface area contributed by atoms with Crippen molar-refractivity contribution in [2.45, 2.75) is 6.42 Å². The first-order chi connectivity index (χ1) is 6.86. The van der Waals surface area contributed by atoms with Gasteiger partial charge in [0, 0.05) is 19.6 Å². The van der Waals surface area contributed by atoms with Gasteiger partial charge in [-0.05, 0) is 13.0 Å². The normalized spacial score (nSPS) is 17.9. The molecule has 0 amide bonds. The van der Waals surface area contributed by atoms with E-state index in [0.29, 0.717) is 5.95 Å². The van der Waals surface area contributed by atoms with E-state index >= 15 is 0 Å². The Hall–Kier alpha value is -1.23. The summed E-state index contributed by atoms with van der Waals surface area (Å²) in [6.45, 7) is 3.77. The number of halogens is 1. The lowest BCUT2D eigenvalue weighted by molar-refractivity contribution is 0.611. The first-order valence-corrected chi connectivity index (χ1v) is 4.79. The molecule has 1 aromatic rings. The molecule has 4 nitrogen and oxygen atoms in total. The maximum absolute atomic E-state index is 12.6. The lowest BCUT2D eigenvalue weighted by Gasteiger charge is -2.18. The third-order valence-electron chi connectivity index (χ3n) is 2.23. The Morgan fingerprint density at radius 1 is 1.21 bits per heavy atom. The first-order valence-electron chi connectivity index (χ1n) is 4.79. The van der Waals surface area contributed by atoms with Crippen molar-refractivity contribution in [2.75, 3.05) is 31.1 Å². The Balaban J connectivity index is 2.08. The van der Waals surface area contributed by atoms with Crippen LogP contribution < -0.4 is 10.2 Å². The minimum Gasteiger partial charge on any atom is -0.340 e. The molecular formula is C9H13FN4. The highest BCUT2D eigenvalue weighted by Gasteiger charge is 2.11. The van der Waals surface area contributed by atoms with Gasteiger partial charge in [-0.15, -0.1) is 0 Å². The number of nitrogens with zero attached hydrogens (tertiary/aromatic N) is 3. The Kier molecular flexibility index (Phi) is 2.88. The number of nitrogens with one attached hydrogen (secondary N) is 1. The van der Waals surface area contributed by atoms with E-state index in [0.717, 1.165) is 32.6 Å². The molecular weight excluding hydrogens is 183 g/mol. The van der Waals surface area contributed by atoms with Crippen LogP contribution in [0.5, 0.6) is 0 Å². The van der Waals surface area contributed by atoms with E-state index in [9.17, 15) is 4.39 Å². The number of anilines is 1. The van der Waals surface area contributed by atoms with Gasteiger partial charge in [0.05, 0.1) is 12.4 Å².